The van der Waals surface area contributed by atoms with Crippen LogP contribution in [0.15, 0.2) is 40.9 Å². The third-order valence-electron chi connectivity index (χ3n) is 3.05. The molecule has 2 N–H and O–H groups in total. The quantitative estimate of drug-likeness (QED) is 0.800. The lowest BCUT2D eigenvalue weighted by Crippen LogP contribution is -2.08. The Balaban J connectivity index is 2.11. The summed E-state index contributed by atoms with van der Waals surface area (Å²) in [4.78, 5) is 11.2. The monoisotopic (exact) mass is 366 g/mol. The van der Waals surface area contributed by atoms with E-state index in [1.807, 2.05) is 43.3 Å². The molecule has 0 radical (unpaired) electrons. The standard InChI is InChI=1S/C16H16BrClN2O/c1-10-3-6-14(8-16(10)20-11(2)21)19-9-12-4-5-13(17)7-15(12)18/h3-8,19H,9H2,1-2H3,(H,20,21). The number of hydrogen-bond donors (Lipinski definition) is 2. The fourth-order valence-electron chi connectivity index (χ4n) is 1.92. The first-order valence-electron chi connectivity index (χ1n) is 6.52. The molecule has 0 heterocycles. The molecule has 0 saturated heterocycles. The fourth-order valence-corrected chi connectivity index (χ4v) is 2.66. The van der Waals surface area contributed by atoms with Crippen molar-refractivity contribution in [1.82, 2.24) is 0 Å². The van der Waals surface area contributed by atoms with Crippen molar-refractivity contribution in [2.75, 3.05) is 10.6 Å². The molecular formula is C16H16BrClN2O. The van der Waals surface area contributed by atoms with Gasteiger partial charge < -0.3 is 10.6 Å². The number of rotatable bonds is 4. The Bertz CT molecular complexity index is 673. The highest BCUT2D eigenvalue weighted by Gasteiger charge is 2.04. The molecule has 0 bridgehead atoms. The highest BCUT2D eigenvalue weighted by atomic mass is 79.9. The molecule has 0 unspecified atom stereocenters. The van der Waals surface area contributed by atoms with E-state index in [0.717, 1.165) is 27.0 Å². The van der Waals surface area contributed by atoms with Crippen LogP contribution < -0.4 is 10.6 Å². The summed E-state index contributed by atoms with van der Waals surface area (Å²) in [6, 6.07) is 11.7. The van der Waals surface area contributed by atoms with E-state index in [9.17, 15) is 4.79 Å². The summed E-state index contributed by atoms with van der Waals surface area (Å²) in [6.45, 7) is 4.08. The van der Waals surface area contributed by atoms with Gasteiger partial charge in [0, 0.05) is 34.3 Å². The third-order valence-corrected chi connectivity index (χ3v) is 3.89. The molecule has 3 nitrogen and oxygen atoms in total. The van der Waals surface area contributed by atoms with E-state index in [2.05, 4.69) is 26.6 Å². The van der Waals surface area contributed by atoms with E-state index < -0.39 is 0 Å². The molecular weight excluding hydrogens is 352 g/mol. The molecule has 0 aliphatic carbocycles. The highest BCUT2D eigenvalue weighted by Crippen LogP contribution is 2.24. The lowest BCUT2D eigenvalue weighted by atomic mass is 10.1. The second kappa shape index (κ2) is 6.96. The number of carbonyl (C=O) groups excluding carboxylic acids is 1. The van der Waals surface area contributed by atoms with Crippen LogP contribution in [0.4, 0.5) is 11.4 Å². The summed E-state index contributed by atoms with van der Waals surface area (Å²) in [5.41, 5.74) is 3.79. The number of aryl methyl sites for hydroxylation is 1. The van der Waals surface area contributed by atoms with E-state index in [1.54, 1.807) is 0 Å². The second-order valence-electron chi connectivity index (χ2n) is 4.80. The minimum absolute atomic E-state index is 0.0776. The fraction of sp³-hybridized carbons (Fsp3) is 0.188. The predicted molar refractivity (Wildman–Crippen MR) is 92.0 cm³/mol. The average molecular weight is 368 g/mol. The summed E-state index contributed by atoms with van der Waals surface area (Å²) in [5, 5.41) is 6.84. The van der Waals surface area contributed by atoms with Crippen LogP contribution in [0.3, 0.4) is 0 Å². The van der Waals surface area contributed by atoms with Gasteiger partial charge in [-0.2, -0.15) is 0 Å². The van der Waals surface area contributed by atoms with Crippen LogP contribution in [0.2, 0.25) is 5.02 Å². The molecule has 0 aliphatic heterocycles. The van der Waals surface area contributed by atoms with Crippen molar-refractivity contribution in [1.29, 1.82) is 0 Å². The van der Waals surface area contributed by atoms with Gasteiger partial charge in [0.05, 0.1) is 0 Å². The third kappa shape index (κ3) is 4.48. The molecule has 21 heavy (non-hydrogen) atoms. The number of amides is 1. The Morgan fingerprint density at radius 1 is 1.24 bits per heavy atom. The van der Waals surface area contributed by atoms with Crippen LogP contribution in [0.5, 0.6) is 0 Å². The molecule has 0 aliphatic rings. The van der Waals surface area contributed by atoms with Gasteiger partial charge in [-0.25, -0.2) is 0 Å². The zero-order valence-corrected chi connectivity index (χ0v) is 14.2. The van der Waals surface area contributed by atoms with E-state index in [0.29, 0.717) is 11.6 Å². The Hall–Kier alpha value is -1.52. The largest absolute Gasteiger partial charge is 0.381 e. The molecule has 0 aromatic heterocycles. The van der Waals surface area contributed by atoms with Crippen molar-refractivity contribution in [3.63, 3.8) is 0 Å². The smallest absolute Gasteiger partial charge is 0.221 e. The van der Waals surface area contributed by atoms with Gasteiger partial charge in [-0.15, -0.1) is 0 Å². The Labute approximate surface area is 137 Å². The van der Waals surface area contributed by atoms with E-state index in [4.69, 9.17) is 11.6 Å². The zero-order chi connectivity index (χ0) is 15.4. The summed E-state index contributed by atoms with van der Waals surface area (Å²) < 4.78 is 0.958. The van der Waals surface area contributed by atoms with Crippen molar-refractivity contribution in [2.45, 2.75) is 20.4 Å². The lowest BCUT2D eigenvalue weighted by Gasteiger charge is -2.12. The highest BCUT2D eigenvalue weighted by molar-refractivity contribution is 9.10. The molecule has 2 rings (SSSR count). The number of hydrogen-bond acceptors (Lipinski definition) is 2. The number of anilines is 2. The molecule has 2 aromatic carbocycles. The maximum absolute atomic E-state index is 11.2. The molecule has 0 spiro atoms. The first kappa shape index (κ1) is 15.9. The van der Waals surface area contributed by atoms with Crippen molar-refractivity contribution in [3.05, 3.63) is 57.0 Å². The van der Waals surface area contributed by atoms with Gasteiger partial charge in [-0.3, -0.25) is 4.79 Å². The summed E-state index contributed by atoms with van der Waals surface area (Å²) in [5.74, 6) is -0.0776. The van der Waals surface area contributed by atoms with Gasteiger partial charge >= 0.3 is 0 Å². The van der Waals surface area contributed by atoms with Crippen LogP contribution >= 0.6 is 27.5 Å². The zero-order valence-electron chi connectivity index (χ0n) is 11.8. The lowest BCUT2D eigenvalue weighted by molar-refractivity contribution is -0.114. The molecule has 2 aromatic rings. The van der Waals surface area contributed by atoms with Gasteiger partial charge in [0.15, 0.2) is 0 Å². The van der Waals surface area contributed by atoms with Crippen molar-refractivity contribution >= 4 is 44.8 Å². The number of nitrogens with one attached hydrogen (secondary N) is 2. The van der Waals surface area contributed by atoms with E-state index >= 15 is 0 Å². The molecule has 0 atom stereocenters. The Morgan fingerprint density at radius 2 is 2.00 bits per heavy atom. The van der Waals surface area contributed by atoms with E-state index in [1.165, 1.54) is 6.92 Å². The maximum atomic E-state index is 11.2. The number of halogens is 2. The predicted octanol–water partition coefficient (Wildman–Crippen LogP) is 4.98. The van der Waals surface area contributed by atoms with Gasteiger partial charge in [-0.1, -0.05) is 39.7 Å². The van der Waals surface area contributed by atoms with Gasteiger partial charge in [0.1, 0.15) is 0 Å². The van der Waals surface area contributed by atoms with Crippen LogP contribution in [-0.4, -0.2) is 5.91 Å². The van der Waals surface area contributed by atoms with Gasteiger partial charge in [0.25, 0.3) is 0 Å². The Kier molecular flexibility index (Phi) is 5.26. The maximum Gasteiger partial charge on any atom is 0.221 e. The molecule has 5 heteroatoms. The average Bonchev–Trinajstić information content (AvgIpc) is 2.40. The van der Waals surface area contributed by atoms with Crippen LogP contribution in [0.25, 0.3) is 0 Å². The van der Waals surface area contributed by atoms with Crippen LogP contribution in [0.1, 0.15) is 18.1 Å². The Morgan fingerprint density at radius 3 is 2.67 bits per heavy atom. The molecule has 1 amide bonds. The van der Waals surface area contributed by atoms with Gasteiger partial charge in [0.2, 0.25) is 5.91 Å². The van der Waals surface area contributed by atoms with Crippen molar-refractivity contribution in [2.24, 2.45) is 0 Å². The SMILES string of the molecule is CC(=O)Nc1cc(NCc2ccc(Br)cc2Cl)ccc1C. The summed E-state index contributed by atoms with van der Waals surface area (Å²) >= 11 is 9.58. The number of benzene rings is 2. The van der Waals surface area contributed by atoms with E-state index in [-0.39, 0.29) is 5.91 Å². The normalized spacial score (nSPS) is 10.3. The first-order valence-corrected chi connectivity index (χ1v) is 7.69. The first-order chi connectivity index (χ1) is 9.95. The molecule has 110 valence electrons. The summed E-state index contributed by atoms with van der Waals surface area (Å²) in [7, 11) is 0. The van der Waals surface area contributed by atoms with Crippen LogP contribution in [0, 0.1) is 6.92 Å². The van der Waals surface area contributed by atoms with Crippen LogP contribution in [-0.2, 0) is 11.3 Å². The molecule has 0 fully saturated rings. The molecule has 0 saturated carbocycles. The number of carbonyl (C=O) groups is 1. The minimum Gasteiger partial charge on any atom is -0.381 e. The topological polar surface area (TPSA) is 41.1 Å². The van der Waals surface area contributed by atoms with Crippen molar-refractivity contribution in [3.8, 4) is 0 Å². The second-order valence-corrected chi connectivity index (χ2v) is 6.12. The van der Waals surface area contributed by atoms with Gasteiger partial charge in [-0.05, 0) is 42.3 Å². The van der Waals surface area contributed by atoms with Crippen molar-refractivity contribution < 1.29 is 4.79 Å². The minimum atomic E-state index is -0.0776. The summed E-state index contributed by atoms with van der Waals surface area (Å²) in [6.07, 6.45) is 0.